The van der Waals surface area contributed by atoms with E-state index in [0.29, 0.717) is 6.42 Å². The molecule has 0 aromatic carbocycles. The Kier molecular flexibility index (Phi) is 8.29. The van der Waals surface area contributed by atoms with Gasteiger partial charge in [0.25, 0.3) is 0 Å². The second kappa shape index (κ2) is 8.91. The topological polar surface area (TPSA) is 99.9 Å². The van der Waals surface area contributed by atoms with Crippen LogP contribution in [0.2, 0.25) is 0 Å². The summed E-state index contributed by atoms with van der Waals surface area (Å²) >= 11 is 0. The first-order valence-corrected chi connectivity index (χ1v) is 5.32. The fraction of sp³-hybridized carbons (Fsp3) is 0.800. The van der Waals surface area contributed by atoms with Gasteiger partial charge in [0, 0.05) is 6.04 Å². The molecule has 0 fully saturated rings. The molecule has 0 bridgehead atoms. The minimum absolute atomic E-state index is 0.0731. The Morgan fingerprint density at radius 2 is 2.00 bits per heavy atom. The maximum Gasteiger partial charge on any atom is 0.307 e. The highest BCUT2D eigenvalue weighted by Gasteiger charge is 2.21. The number of nitrogens with one attached hydrogen (secondary N) is 1. The van der Waals surface area contributed by atoms with Gasteiger partial charge in [-0.15, -0.1) is 0 Å². The molecule has 0 aliphatic carbocycles. The number of methoxy groups -OCH3 is 1. The zero-order valence-electron chi connectivity index (χ0n) is 10.4. The van der Waals surface area contributed by atoms with Crippen molar-refractivity contribution in [3.8, 4) is 0 Å². The molecule has 0 aliphatic rings. The van der Waals surface area contributed by atoms with Gasteiger partial charge in [0.2, 0.25) is 5.91 Å². The molecule has 17 heavy (non-hydrogen) atoms. The van der Waals surface area contributed by atoms with Gasteiger partial charge in [-0.1, -0.05) is 6.92 Å². The number of primary amides is 1. The van der Waals surface area contributed by atoms with E-state index in [4.69, 9.17) is 10.6 Å². The van der Waals surface area contributed by atoms with E-state index in [-0.39, 0.29) is 19.1 Å². The summed E-state index contributed by atoms with van der Waals surface area (Å²) in [6, 6.07) is -0.898. The van der Waals surface area contributed by atoms with Crippen molar-refractivity contribution in [2.75, 3.05) is 20.8 Å². The van der Waals surface area contributed by atoms with E-state index in [2.05, 4.69) is 14.9 Å². The Hall–Kier alpha value is -1.18. The fourth-order valence-electron chi connectivity index (χ4n) is 1.29. The molecule has 2 atom stereocenters. The van der Waals surface area contributed by atoms with Crippen molar-refractivity contribution >= 4 is 11.9 Å². The molecule has 0 heterocycles. The molecule has 1 unspecified atom stereocenters. The van der Waals surface area contributed by atoms with Gasteiger partial charge in [0.15, 0.2) is 0 Å². The molecule has 100 valence electrons. The first-order chi connectivity index (χ1) is 8.04. The molecular formula is C10H20N2O5. The van der Waals surface area contributed by atoms with E-state index in [9.17, 15) is 9.59 Å². The van der Waals surface area contributed by atoms with Crippen LogP contribution in [0, 0.1) is 0 Å². The lowest BCUT2D eigenvalue weighted by Gasteiger charge is -2.21. The minimum Gasteiger partial charge on any atom is -0.469 e. The average Bonchev–Trinajstić information content (AvgIpc) is 2.31. The number of esters is 1. The molecule has 3 N–H and O–H groups in total. The summed E-state index contributed by atoms with van der Waals surface area (Å²) < 4.78 is 4.54. The summed E-state index contributed by atoms with van der Waals surface area (Å²) in [4.78, 5) is 31.4. The SMILES string of the molecule is CC[C@H](NC(COOC)CC(=O)OC)C(N)=O. The Bertz CT molecular complexity index is 247. The summed E-state index contributed by atoms with van der Waals surface area (Å²) in [6.45, 7) is 1.93. The lowest BCUT2D eigenvalue weighted by molar-refractivity contribution is -0.276. The number of carbonyl (C=O) groups excluding carboxylic acids is 2. The Morgan fingerprint density at radius 3 is 2.41 bits per heavy atom. The maximum atomic E-state index is 11.2. The second-order valence-electron chi connectivity index (χ2n) is 3.46. The minimum atomic E-state index is -0.509. The molecule has 0 aromatic heterocycles. The van der Waals surface area contributed by atoms with Gasteiger partial charge >= 0.3 is 5.97 Å². The predicted octanol–water partition coefficient (Wildman–Crippen LogP) is -0.650. The predicted molar refractivity (Wildman–Crippen MR) is 59.8 cm³/mol. The van der Waals surface area contributed by atoms with Crippen LogP contribution in [-0.4, -0.2) is 44.8 Å². The van der Waals surface area contributed by atoms with E-state index in [1.54, 1.807) is 0 Å². The monoisotopic (exact) mass is 248 g/mol. The van der Waals surface area contributed by atoms with Gasteiger partial charge in [-0.25, -0.2) is 9.78 Å². The van der Waals surface area contributed by atoms with E-state index in [1.807, 2.05) is 6.92 Å². The summed E-state index contributed by atoms with van der Waals surface area (Å²) in [5.74, 6) is -0.874. The molecule has 0 rings (SSSR count). The third kappa shape index (κ3) is 6.88. The van der Waals surface area contributed by atoms with Crippen molar-refractivity contribution in [1.29, 1.82) is 0 Å². The van der Waals surface area contributed by atoms with Crippen LogP contribution in [0.3, 0.4) is 0 Å². The fourth-order valence-corrected chi connectivity index (χ4v) is 1.29. The van der Waals surface area contributed by atoms with Gasteiger partial charge in [-0.3, -0.25) is 9.59 Å². The molecule has 0 radical (unpaired) electrons. The van der Waals surface area contributed by atoms with Crippen LogP contribution in [0.5, 0.6) is 0 Å². The highest BCUT2D eigenvalue weighted by atomic mass is 17.2. The number of amides is 1. The van der Waals surface area contributed by atoms with Crippen molar-refractivity contribution in [1.82, 2.24) is 5.32 Å². The van der Waals surface area contributed by atoms with Gasteiger partial charge in [0.1, 0.15) is 0 Å². The largest absolute Gasteiger partial charge is 0.469 e. The summed E-state index contributed by atoms with van der Waals surface area (Å²) in [6.07, 6.45) is 0.601. The zero-order valence-corrected chi connectivity index (χ0v) is 10.4. The highest BCUT2D eigenvalue weighted by Crippen LogP contribution is 2.00. The average molecular weight is 248 g/mol. The van der Waals surface area contributed by atoms with Crippen LogP contribution >= 0.6 is 0 Å². The lowest BCUT2D eigenvalue weighted by Crippen LogP contribution is -2.48. The van der Waals surface area contributed by atoms with Gasteiger partial charge in [-0.05, 0) is 6.42 Å². The first kappa shape index (κ1) is 15.8. The van der Waals surface area contributed by atoms with Crippen LogP contribution in [0.25, 0.3) is 0 Å². The van der Waals surface area contributed by atoms with Gasteiger partial charge in [0.05, 0.1) is 33.3 Å². The molecule has 0 aliphatic heterocycles. The zero-order chi connectivity index (χ0) is 13.3. The smallest absolute Gasteiger partial charge is 0.307 e. The molecule has 1 amide bonds. The number of nitrogens with two attached hydrogens (primary N) is 1. The number of hydrogen-bond acceptors (Lipinski definition) is 6. The van der Waals surface area contributed by atoms with Crippen LogP contribution in [0.15, 0.2) is 0 Å². The van der Waals surface area contributed by atoms with Gasteiger partial charge < -0.3 is 15.8 Å². The number of hydrogen-bond donors (Lipinski definition) is 2. The Morgan fingerprint density at radius 1 is 1.35 bits per heavy atom. The summed E-state index contributed by atoms with van der Waals surface area (Å²) in [7, 11) is 2.66. The molecule has 0 saturated heterocycles. The van der Waals surface area contributed by atoms with E-state index in [1.165, 1.54) is 14.2 Å². The van der Waals surface area contributed by atoms with Crippen LogP contribution in [0.1, 0.15) is 19.8 Å². The van der Waals surface area contributed by atoms with Crippen LogP contribution in [0.4, 0.5) is 0 Å². The normalized spacial score (nSPS) is 14.1. The van der Waals surface area contributed by atoms with E-state index < -0.39 is 17.9 Å². The third-order valence-corrected chi connectivity index (χ3v) is 2.22. The summed E-state index contributed by atoms with van der Waals surface area (Å²) in [5, 5.41) is 2.92. The molecule has 0 spiro atoms. The van der Waals surface area contributed by atoms with Crippen molar-refractivity contribution < 1.29 is 24.1 Å². The van der Waals surface area contributed by atoms with Crippen LogP contribution in [-0.2, 0) is 24.1 Å². The van der Waals surface area contributed by atoms with Crippen molar-refractivity contribution in [2.24, 2.45) is 5.73 Å². The maximum absolute atomic E-state index is 11.2. The first-order valence-electron chi connectivity index (χ1n) is 5.32. The molecule has 0 aromatic rings. The number of rotatable bonds is 9. The molecule has 0 saturated carbocycles. The van der Waals surface area contributed by atoms with E-state index >= 15 is 0 Å². The molecule has 7 heteroatoms. The quantitative estimate of drug-likeness (QED) is 0.319. The second-order valence-corrected chi connectivity index (χ2v) is 3.46. The molecular weight excluding hydrogens is 228 g/mol. The summed E-state index contributed by atoms with van der Waals surface area (Å²) in [5.41, 5.74) is 5.20. The van der Waals surface area contributed by atoms with E-state index in [0.717, 1.165) is 0 Å². The Labute approximate surface area is 101 Å². The standard InChI is InChI=1S/C10H20N2O5/c1-4-8(10(11)14)12-7(6-17-16-3)5-9(13)15-2/h7-8,12H,4-6H2,1-3H3,(H2,11,14)/t7?,8-/m0/s1. The molecule has 7 nitrogen and oxygen atoms in total. The number of carbonyl (C=O) groups is 2. The van der Waals surface area contributed by atoms with Crippen molar-refractivity contribution in [3.63, 3.8) is 0 Å². The number of ether oxygens (including phenoxy) is 1. The lowest BCUT2D eigenvalue weighted by atomic mass is 10.1. The Balaban J connectivity index is 4.34. The van der Waals surface area contributed by atoms with Crippen molar-refractivity contribution in [2.45, 2.75) is 31.8 Å². The third-order valence-electron chi connectivity index (χ3n) is 2.22. The van der Waals surface area contributed by atoms with Crippen LogP contribution < -0.4 is 11.1 Å². The highest BCUT2D eigenvalue weighted by molar-refractivity contribution is 5.80. The van der Waals surface area contributed by atoms with Gasteiger partial charge in [-0.2, -0.15) is 0 Å². The van der Waals surface area contributed by atoms with Crippen molar-refractivity contribution in [3.05, 3.63) is 0 Å².